The summed E-state index contributed by atoms with van der Waals surface area (Å²) in [6, 6.07) is 0. The van der Waals surface area contributed by atoms with E-state index in [1.807, 2.05) is 0 Å². The van der Waals surface area contributed by atoms with Crippen molar-refractivity contribution in [2.24, 2.45) is 0 Å². The number of hydrogen-bond donors (Lipinski definition) is 0. The molecule has 12 heavy (non-hydrogen) atoms. The lowest BCUT2D eigenvalue weighted by Gasteiger charge is -2.01. The third kappa shape index (κ3) is 1.25. The summed E-state index contributed by atoms with van der Waals surface area (Å²) >= 11 is 10.0. The minimum Gasteiger partial charge on any atom is -0.202 e. The second-order valence-corrected chi connectivity index (χ2v) is 2.64. The second kappa shape index (κ2) is 3.11. The van der Waals surface area contributed by atoms with Crippen LogP contribution < -0.4 is 0 Å². The van der Waals surface area contributed by atoms with Gasteiger partial charge in [-0.3, -0.25) is 0 Å². The zero-order chi connectivity index (χ0) is 9.46. The van der Waals surface area contributed by atoms with Gasteiger partial charge in [-0.15, -0.1) is 0 Å². The lowest BCUT2D eigenvalue weighted by atomic mass is 10.3. The quantitative estimate of drug-likeness (QED) is 0.355. The van der Waals surface area contributed by atoms with Crippen molar-refractivity contribution in [3.8, 4) is 0 Å². The lowest BCUT2D eigenvalue weighted by molar-refractivity contribution is 0.409. The minimum absolute atomic E-state index is 0.965. The van der Waals surface area contributed by atoms with Gasteiger partial charge >= 0.3 is 0 Å². The van der Waals surface area contributed by atoms with Crippen molar-refractivity contribution in [3.05, 3.63) is 33.3 Å². The Morgan fingerprint density at radius 3 is 1.08 bits per heavy atom. The lowest BCUT2D eigenvalue weighted by Crippen LogP contribution is -1.97. The van der Waals surface area contributed by atoms with Gasteiger partial charge in [-0.25, -0.2) is 17.6 Å². The molecule has 0 aromatic heterocycles. The van der Waals surface area contributed by atoms with Gasteiger partial charge in [0.2, 0.25) is 0 Å². The van der Waals surface area contributed by atoms with E-state index in [1.165, 1.54) is 0 Å². The summed E-state index contributed by atoms with van der Waals surface area (Å²) in [7, 11) is 0. The predicted molar refractivity (Wildman–Crippen MR) is 36.3 cm³/mol. The fraction of sp³-hybridized carbons (Fsp3) is 0. The van der Waals surface area contributed by atoms with E-state index in [4.69, 9.17) is 23.2 Å². The molecule has 0 bridgehead atoms. The van der Waals surface area contributed by atoms with Crippen molar-refractivity contribution in [2.45, 2.75) is 0 Å². The molecule has 0 fully saturated rings. The molecule has 0 nitrogen and oxygen atoms in total. The van der Waals surface area contributed by atoms with E-state index in [0.29, 0.717) is 0 Å². The van der Waals surface area contributed by atoms with E-state index in [-0.39, 0.29) is 0 Å². The van der Waals surface area contributed by atoms with Crippen LogP contribution in [-0.2, 0) is 0 Å². The van der Waals surface area contributed by atoms with Gasteiger partial charge in [0, 0.05) is 0 Å². The first-order valence-corrected chi connectivity index (χ1v) is 3.39. The Labute approximate surface area is 74.7 Å². The van der Waals surface area contributed by atoms with E-state index < -0.39 is 33.3 Å². The fourth-order valence-electron chi connectivity index (χ4n) is 0.578. The molecule has 6 heteroatoms. The third-order valence-electron chi connectivity index (χ3n) is 1.16. The van der Waals surface area contributed by atoms with Gasteiger partial charge < -0.3 is 0 Å². The zero-order valence-corrected chi connectivity index (χ0v) is 6.78. The molecule has 1 aromatic rings. The van der Waals surface area contributed by atoms with Gasteiger partial charge in [-0.05, 0) is 0 Å². The number of rotatable bonds is 0. The van der Waals surface area contributed by atoms with Gasteiger partial charge in [-0.1, -0.05) is 23.2 Å². The van der Waals surface area contributed by atoms with Crippen LogP contribution in [0.2, 0.25) is 10.0 Å². The van der Waals surface area contributed by atoms with Crippen molar-refractivity contribution in [1.82, 2.24) is 0 Å². The summed E-state index contributed by atoms with van der Waals surface area (Å²) in [6.45, 7) is 0. The topological polar surface area (TPSA) is 0 Å². The van der Waals surface area contributed by atoms with Crippen molar-refractivity contribution in [3.63, 3.8) is 0 Å². The van der Waals surface area contributed by atoms with E-state index >= 15 is 0 Å². The summed E-state index contributed by atoms with van der Waals surface area (Å²) in [5.74, 6) is -7.33. The van der Waals surface area contributed by atoms with Crippen LogP contribution in [0.15, 0.2) is 0 Å². The fourth-order valence-corrected chi connectivity index (χ4v) is 0.910. The Bertz CT molecular complexity index is 232. The maximum absolute atomic E-state index is 12.4. The highest BCUT2D eigenvalue weighted by atomic mass is 35.5. The predicted octanol–water partition coefficient (Wildman–Crippen LogP) is 3.55. The zero-order valence-electron chi connectivity index (χ0n) is 5.27. The van der Waals surface area contributed by atoms with Crippen LogP contribution in [0.1, 0.15) is 0 Å². The molecule has 0 amide bonds. The maximum atomic E-state index is 12.4. The highest BCUT2D eigenvalue weighted by molar-refractivity contribution is 6.42. The molecule has 0 N–H and O–H groups in total. The van der Waals surface area contributed by atoms with Crippen molar-refractivity contribution < 1.29 is 17.6 Å². The van der Waals surface area contributed by atoms with Crippen LogP contribution in [0.3, 0.4) is 0 Å². The molecule has 0 radical (unpaired) electrons. The van der Waals surface area contributed by atoms with Gasteiger partial charge in [0.15, 0.2) is 23.3 Å². The average Bonchev–Trinajstić information content (AvgIpc) is 2.08. The van der Waals surface area contributed by atoms with E-state index in [9.17, 15) is 17.6 Å². The molecular formula is C6Cl2F4. The van der Waals surface area contributed by atoms with Gasteiger partial charge in [-0.2, -0.15) is 0 Å². The van der Waals surface area contributed by atoms with Crippen molar-refractivity contribution >= 4 is 23.2 Å². The molecule has 0 aliphatic carbocycles. The normalized spacial score (nSPS) is 10.5. The Balaban J connectivity index is 3.60. The van der Waals surface area contributed by atoms with E-state index in [2.05, 4.69) is 0 Å². The van der Waals surface area contributed by atoms with Crippen LogP contribution in [0, 0.1) is 23.3 Å². The first kappa shape index (κ1) is 9.61. The summed E-state index contributed by atoms with van der Waals surface area (Å²) in [5.41, 5.74) is 0. The summed E-state index contributed by atoms with van der Waals surface area (Å²) < 4.78 is 49.5. The summed E-state index contributed by atoms with van der Waals surface area (Å²) in [5, 5.41) is -1.93. The second-order valence-electron chi connectivity index (χ2n) is 1.88. The molecule has 1 rings (SSSR count). The van der Waals surface area contributed by atoms with Gasteiger partial charge in [0.05, 0.1) is 0 Å². The largest absolute Gasteiger partial charge is 0.202 e. The molecular weight excluding hydrogens is 219 g/mol. The highest BCUT2D eigenvalue weighted by Crippen LogP contribution is 2.31. The van der Waals surface area contributed by atoms with Crippen LogP contribution in [0.5, 0.6) is 0 Å². The Hall–Kier alpha value is -0.480. The SMILES string of the molecule is Fc1c(F)c(F)c(Cl)c(Cl)c1F. The summed E-state index contributed by atoms with van der Waals surface area (Å²) in [6.07, 6.45) is 0. The molecule has 0 atom stereocenters. The first-order chi connectivity index (χ1) is 5.46. The minimum atomic E-state index is -1.97. The molecule has 0 unspecified atom stereocenters. The van der Waals surface area contributed by atoms with E-state index in [1.54, 1.807) is 0 Å². The molecule has 0 aliphatic rings. The molecule has 66 valence electrons. The van der Waals surface area contributed by atoms with Gasteiger partial charge in [0.25, 0.3) is 0 Å². The van der Waals surface area contributed by atoms with Crippen molar-refractivity contribution in [1.29, 1.82) is 0 Å². The molecule has 0 heterocycles. The third-order valence-corrected chi connectivity index (χ3v) is 1.96. The number of benzene rings is 1. The Morgan fingerprint density at radius 1 is 0.583 bits per heavy atom. The standard InChI is InChI=1S/C6Cl2F4/c7-1-2(8)4(10)6(12)5(11)3(1)9. The molecule has 1 aromatic carbocycles. The van der Waals surface area contributed by atoms with Crippen LogP contribution in [-0.4, -0.2) is 0 Å². The Morgan fingerprint density at radius 2 is 0.833 bits per heavy atom. The number of halogens is 6. The molecule has 0 saturated heterocycles. The smallest absolute Gasteiger partial charge is 0.199 e. The maximum Gasteiger partial charge on any atom is 0.199 e. The monoisotopic (exact) mass is 218 g/mol. The highest BCUT2D eigenvalue weighted by Gasteiger charge is 2.22. The van der Waals surface area contributed by atoms with Crippen LogP contribution >= 0.6 is 23.2 Å². The first-order valence-electron chi connectivity index (χ1n) is 2.63. The molecule has 0 spiro atoms. The molecule has 0 saturated carbocycles. The van der Waals surface area contributed by atoms with Crippen LogP contribution in [0.4, 0.5) is 17.6 Å². The number of hydrogen-bond acceptors (Lipinski definition) is 0. The van der Waals surface area contributed by atoms with Crippen LogP contribution in [0.25, 0.3) is 0 Å². The summed E-state index contributed by atoms with van der Waals surface area (Å²) in [4.78, 5) is 0. The molecule has 0 aliphatic heterocycles. The van der Waals surface area contributed by atoms with E-state index in [0.717, 1.165) is 0 Å². The average molecular weight is 219 g/mol. The van der Waals surface area contributed by atoms with Crippen molar-refractivity contribution in [2.75, 3.05) is 0 Å². The van der Waals surface area contributed by atoms with Gasteiger partial charge in [0.1, 0.15) is 10.0 Å². The Kier molecular flexibility index (Phi) is 2.49.